The molecule has 0 fully saturated rings. The van der Waals surface area contributed by atoms with Gasteiger partial charge in [0.25, 0.3) is 5.91 Å². The quantitative estimate of drug-likeness (QED) is 0.872. The van der Waals surface area contributed by atoms with Crippen molar-refractivity contribution in [3.05, 3.63) is 50.4 Å². The van der Waals surface area contributed by atoms with Gasteiger partial charge in [-0.2, -0.15) is 5.26 Å². The highest BCUT2D eigenvalue weighted by molar-refractivity contribution is 7.16. The molecule has 1 heterocycles. The summed E-state index contributed by atoms with van der Waals surface area (Å²) in [6, 6.07) is 6.34. The summed E-state index contributed by atoms with van der Waals surface area (Å²) >= 11 is 1.57. The molecule has 0 aliphatic heterocycles. The number of carbonyl (C=O) groups is 1. The van der Waals surface area contributed by atoms with Gasteiger partial charge >= 0.3 is 0 Å². The number of aryl methyl sites for hydroxylation is 4. The van der Waals surface area contributed by atoms with Crippen molar-refractivity contribution in [2.45, 2.75) is 46.5 Å². The van der Waals surface area contributed by atoms with Gasteiger partial charge in [0, 0.05) is 10.4 Å². The lowest BCUT2D eigenvalue weighted by Gasteiger charge is -2.11. The molecule has 1 aromatic heterocycles. The molecular weight excluding hydrogens is 304 g/mol. The van der Waals surface area contributed by atoms with Gasteiger partial charge in [0.05, 0.1) is 5.56 Å². The molecule has 23 heavy (non-hydrogen) atoms. The van der Waals surface area contributed by atoms with Crippen LogP contribution in [0.1, 0.15) is 55.9 Å². The normalized spacial score (nSPS) is 13.3. The molecule has 0 saturated carbocycles. The molecule has 0 spiro atoms. The summed E-state index contributed by atoms with van der Waals surface area (Å²) in [7, 11) is 0. The Morgan fingerprint density at radius 1 is 1.17 bits per heavy atom. The molecule has 1 aromatic carbocycles. The van der Waals surface area contributed by atoms with E-state index < -0.39 is 0 Å². The van der Waals surface area contributed by atoms with Crippen LogP contribution in [0, 0.1) is 32.1 Å². The minimum atomic E-state index is -0.116. The number of nitrogens with one attached hydrogen (secondary N) is 1. The summed E-state index contributed by atoms with van der Waals surface area (Å²) in [4.78, 5) is 14.0. The Labute approximate surface area is 141 Å². The van der Waals surface area contributed by atoms with Crippen LogP contribution >= 0.6 is 11.3 Å². The van der Waals surface area contributed by atoms with Crippen molar-refractivity contribution in [1.29, 1.82) is 5.26 Å². The van der Waals surface area contributed by atoms with Gasteiger partial charge in [-0.25, -0.2) is 0 Å². The minimum absolute atomic E-state index is 0.116. The Kier molecular flexibility index (Phi) is 4.23. The van der Waals surface area contributed by atoms with E-state index >= 15 is 0 Å². The fourth-order valence-electron chi connectivity index (χ4n) is 3.48. The van der Waals surface area contributed by atoms with Crippen molar-refractivity contribution in [2.75, 3.05) is 5.32 Å². The number of hydrogen-bond acceptors (Lipinski definition) is 3. The van der Waals surface area contributed by atoms with Crippen LogP contribution in [-0.4, -0.2) is 5.91 Å². The maximum atomic E-state index is 12.7. The SMILES string of the molecule is Cc1cc(C)c(C(=O)Nc2sc3c(c2C#N)CCCC3)c(C)c1. The first-order valence-electron chi connectivity index (χ1n) is 7.95. The fourth-order valence-corrected chi connectivity index (χ4v) is 4.71. The van der Waals surface area contributed by atoms with E-state index in [0.717, 1.165) is 41.5 Å². The molecule has 3 rings (SSSR count). The van der Waals surface area contributed by atoms with Gasteiger partial charge in [0.2, 0.25) is 0 Å². The van der Waals surface area contributed by atoms with Crippen LogP contribution < -0.4 is 5.32 Å². The van der Waals surface area contributed by atoms with Gasteiger partial charge in [0.1, 0.15) is 11.1 Å². The molecule has 1 aliphatic carbocycles. The molecule has 0 bridgehead atoms. The maximum absolute atomic E-state index is 12.7. The summed E-state index contributed by atoms with van der Waals surface area (Å²) in [6.45, 7) is 5.95. The second-order valence-electron chi connectivity index (χ2n) is 6.25. The molecule has 0 radical (unpaired) electrons. The topological polar surface area (TPSA) is 52.9 Å². The summed E-state index contributed by atoms with van der Waals surface area (Å²) in [5.74, 6) is -0.116. The molecule has 1 aliphatic rings. The summed E-state index contributed by atoms with van der Waals surface area (Å²) < 4.78 is 0. The smallest absolute Gasteiger partial charge is 0.256 e. The van der Waals surface area contributed by atoms with E-state index in [1.54, 1.807) is 11.3 Å². The van der Waals surface area contributed by atoms with Crippen molar-refractivity contribution >= 4 is 22.2 Å². The molecule has 0 unspecified atom stereocenters. The predicted molar refractivity (Wildman–Crippen MR) is 94.3 cm³/mol. The molecule has 2 aromatic rings. The van der Waals surface area contributed by atoms with E-state index in [9.17, 15) is 10.1 Å². The Bertz CT molecular complexity index is 804. The highest BCUT2D eigenvalue weighted by Gasteiger charge is 2.23. The first kappa shape index (κ1) is 15.8. The lowest BCUT2D eigenvalue weighted by atomic mass is 9.96. The van der Waals surface area contributed by atoms with Gasteiger partial charge < -0.3 is 5.32 Å². The number of anilines is 1. The summed E-state index contributed by atoms with van der Waals surface area (Å²) in [5.41, 5.74) is 5.63. The zero-order valence-corrected chi connectivity index (χ0v) is 14.6. The number of fused-ring (bicyclic) bond motifs is 1. The van der Waals surface area contributed by atoms with Gasteiger partial charge in [-0.15, -0.1) is 11.3 Å². The number of nitrogens with zero attached hydrogens (tertiary/aromatic N) is 1. The van der Waals surface area contributed by atoms with Gasteiger partial charge in [-0.1, -0.05) is 17.7 Å². The van der Waals surface area contributed by atoms with Crippen molar-refractivity contribution in [3.63, 3.8) is 0 Å². The third-order valence-electron chi connectivity index (χ3n) is 4.41. The molecule has 4 heteroatoms. The Morgan fingerprint density at radius 2 is 1.83 bits per heavy atom. The number of benzene rings is 1. The Morgan fingerprint density at radius 3 is 2.48 bits per heavy atom. The Balaban J connectivity index is 1.96. The van der Waals surface area contributed by atoms with E-state index in [0.29, 0.717) is 16.1 Å². The van der Waals surface area contributed by atoms with Crippen LogP contribution in [0.3, 0.4) is 0 Å². The number of rotatable bonds is 2. The lowest BCUT2D eigenvalue weighted by Crippen LogP contribution is -2.15. The highest BCUT2D eigenvalue weighted by Crippen LogP contribution is 2.38. The van der Waals surface area contributed by atoms with Gasteiger partial charge in [-0.05, 0) is 63.1 Å². The second kappa shape index (κ2) is 6.17. The van der Waals surface area contributed by atoms with Crippen LogP contribution in [0.4, 0.5) is 5.00 Å². The summed E-state index contributed by atoms with van der Waals surface area (Å²) in [5, 5.41) is 13.2. The van der Waals surface area contributed by atoms with Crippen molar-refractivity contribution in [3.8, 4) is 6.07 Å². The van der Waals surface area contributed by atoms with E-state index in [1.807, 2.05) is 32.9 Å². The van der Waals surface area contributed by atoms with Crippen molar-refractivity contribution < 1.29 is 4.79 Å². The molecule has 1 amide bonds. The molecule has 3 nitrogen and oxygen atoms in total. The monoisotopic (exact) mass is 324 g/mol. The van der Waals surface area contributed by atoms with Crippen molar-refractivity contribution in [1.82, 2.24) is 0 Å². The van der Waals surface area contributed by atoms with Gasteiger partial charge in [0.15, 0.2) is 0 Å². The highest BCUT2D eigenvalue weighted by atomic mass is 32.1. The molecular formula is C19H20N2OS. The van der Waals surface area contributed by atoms with E-state index in [2.05, 4.69) is 11.4 Å². The predicted octanol–water partition coefficient (Wildman–Crippen LogP) is 4.68. The summed E-state index contributed by atoms with van der Waals surface area (Å²) in [6.07, 6.45) is 4.27. The maximum Gasteiger partial charge on any atom is 0.256 e. The zero-order chi connectivity index (χ0) is 16.6. The first-order valence-corrected chi connectivity index (χ1v) is 8.76. The second-order valence-corrected chi connectivity index (χ2v) is 7.36. The molecule has 118 valence electrons. The van der Waals surface area contributed by atoms with E-state index in [4.69, 9.17) is 0 Å². The van der Waals surface area contributed by atoms with Crippen LogP contribution in [0.2, 0.25) is 0 Å². The molecule has 0 saturated heterocycles. The third kappa shape index (κ3) is 2.89. The number of nitriles is 1. The fraction of sp³-hybridized carbons (Fsp3) is 0.368. The Hall–Kier alpha value is -2.12. The van der Waals surface area contributed by atoms with Gasteiger partial charge in [-0.3, -0.25) is 4.79 Å². The first-order chi connectivity index (χ1) is 11.0. The molecule has 1 N–H and O–H groups in total. The minimum Gasteiger partial charge on any atom is -0.312 e. The molecule has 0 atom stereocenters. The van der Waals surface area contributed by atoms with E-state index in [1.165, 1.54) is 11.3 Å². The largest absolute Gasteiger partial charge is 0.312 e. The standard InChI is InChI=1S/C19H20N2OS/c1-11-8-12(2)17(13(3)9-11)18(22)21-19-15(10-20)14-6-4-5-7-16(14)23-19/h8-9H,4-7H2,1-3H3,(H,21,22). The number of thiophene rings is 1. The van der Waals surface area contributed by atoms with Crippen LogP contribution in [0.25, 0.3) is 0 Å². The van der Waals surface area contributed by atoms with Crippen LogP contribution in [0.5, 0.6) is 0 Å². The van der Waals surface area contributed by atoms with E-state index in [-0.39, 0.29) is 5.91 Å². The van der Waals surface area contributed by atoms with Crippen molar-refractivity contribution in [2.24, 2.45) is 0 Å². The zero-order valence-electron chi connectivity index (χ0n) is 13.7. The lowest BCUT2D eigenvalue weighted by molar-refractivity contribution is 0.102. The number of amides is 1. The number of carbonyl (C=O) groups excluding carboxylic acids is 1. The van der Waals surface area contributed by atoms with Crippen LogP contribution in [-0.2, 0) is 12.8 Å². The van der Waals surface area contributed by atoms with Crippen LogP contribution in [0.15, 0.2) is 12.1 Å². The average molecular weight is 324 g/mol. The third-order valence-corrected chi connectivity index (χ3v) is 5.62. The average Bonchev–Trinajstić information content (AvgIpc) is 2.82. The number of hydrogen-bond donors (Lipinski definition) is 1.